The van der Waals surface area contributed by atoms with Gasteiger partial charge >= 0.3 is 5.97 Å². The Morgan fingerprint density at radius 3 is 2.74 bits per heavy atom. The molecule has 0 bridgehead atoms. The molecule has 3 nitrogen and oxygen atoms in total. The van der Waals surface area contributed by atoms with E-state index in [2.05, 4.69) is 4.90 Å². The minimum atomic E-state index is -0.283. The number of thioether (sulfide) groups is 1. The molecule has 19 heavy (non-hydrogen) atoms. The van der Waals surface area contributed by atoms with Gasteiger partial charge in [0.25, 0.3) is 0 Å². The van der Waals surface area contributed by atoms with Gasteiger partial charge in [-0.1, -0.05) is 36.1 Å². The third-order valence-electron chi connectivity index (χ3n) is 2.94. The second kappa shape index (κ2) is 6.91. The fourth-order valence-corrected chi connectivity index (χ4v) is 3.35. The van der Waals surface area contributed by atoms with Gasteiger partial charge in [-0.2, -0.15) is 0 Å². The van der Waals surface area contributed by atoms with Crippen LogP contribution in [0.25, 0.3) is 0 Å². The third kappa shape index (κ3) is 3.70. The Morgan fingerprint density at radius 2 is 2.05 bits per heavy atom. The van der Waals surface area contributed by atoms with Crippen molar-refractivity contribution in [1.82, 2.24) is 4.90 Å². The zero-order valence-electron chi connectivity index (χ0n) is 10.9. The second-order valence-electron chi connectivity index (χ2n) is 4.28. The molecular weight excluding hydrogens is 278 g/mol. The largest absolute Gasteiger partial charge is 0.462 e. The quantitative estimate of drug-likeness (QED) is 0.485. The van der Waals surface area contributed by atoms with Crippen LogP contribution in [-0.2, 0) is 4.74 Å². The molecule has 1 heterocycles. The van der Waals surface area contributed by atoms with Crippen LogP contribution in [0.4, 0.5) is 0 Å². The van der Waals surface area contributed by atoms with E-state index in [4.69, 9.17) is 17.0 Å². The number of carbonyl (C=O) groups excluding carboxylic acids is 1. The van der Waals surface area contributed by atoms with Crippen LogP contribution in [0.3, 0.4) is 0 Å². The topological polar surface area (TPSA) is 29.5 Å². The summed E-state index contributed by atoms with van der Waals surface area (Å²) >= 11 is 6.92. The summed E-state index contributed by atoms with van der Waals surface area (Å²) in [5, 5.41) is 0. The van der Waals surface area contributed by atoms with Crippen molar-refractivity contribution in [2.45, 2.75) is 24.7 Å². The van der Waals surface area contributed by atoms with Crippen LogP contribution in [0.15, 0.2) is 29.2 Å². The summed E-state index contributed by atoms with van der Waals surface area (Å²) in [6, 6.07) is 7.46. The molecule has 0 atom stereocenters. The van der Waals surface area contributed by atoms with Crippen LogP contribution in [-0.4, -0.2) is 34.9 Å². The standard InChI is InChI=1S/C14H17NO2S2/c1-2-17-13(16)11-7-3-4-8-12(11)19-14(18)15-9-5-6-10-15/h3-4,7-8H,2,5-6,9-10H2,1H3. The molecule has 1 aliphatic rings. The van der Waals surface area contributed by atoms with E-state index in [0.717, 1.165) is 22.3 Å². The Labute approximate surface area is 123 Å². The van der Waals surface area contributed by atoms with Gasteiger partial charge in [-0.3, -0.25) is 0 Å². The van der Waals surface area contributed by atoms with Crippen LogP contribution in [0.2, 0.25) is 0 Å². The average molecular weight is 295 g/mol. The monoisotopic (exact) mass is 295 g/mol. The fraction of sp³-hybridized carbons (Fsp3) is 0.429. The SMILES string of the molecule is CCOC(=O)c1ccccc1SC(=S)N1CCCC1. The van der Waals surface area contributed by atoms with Gasteiger partial charge in [0, 0.05) is 18.0 Å². The van der Waals surface area contributed by atoms with Crippen molar-refractivity contribution in [2.75, 3.05) is 19.7 Å². The van der Waals surface area contributed by atoms with E-state index in [1.165, 1.54) is 24.6 Å². The highest BCUT2D eigenvalue weighted by Gasteiger charge is 2.19. The maximum atomic E-state index is 11.9. The normalized spacial score (nSPS) is 14.5. The van der Waals surface area contributed by atoms with Crippen LogP contribution >= 0.6 is 24.0 Å². The molecular formula is C14H17NO2S2. The Bertz CT molecular complexity index is 470. The highest BCUT2D eigenvalue weighted by Crippen LogP contribution is 2.27. The van der Waals surface area contributed by atoms with Crippen molar-refractivity contribution in [3.8, 4) is 0 Å². The van der Waals surface area contributed by atoms with Gasteiger partial charge in [-0.15, -0.1) is 0 Å². The van der Waals surface area contributed by atoms with E-state index < -0.39 is 0 Å². The van der Waals surface area contributed by atoms with Gasteiger partial charge in [0.2, 0.25) is 0 Å². The minimum absolute atomic E-state index is 0.283. The summed E-state index contributed by atoms with van der Waals surface area (Å²) in [6.07, 6.45) is 2.39. The predicted molar refractivity (Wildman–Crippen MR) is 81.7 cm³/mol. The summed E-state index contributed by atoms with van der Waals surface area (Å²) in [7, 11) is 0. The highest BCUT2D eigenvalue weighted by molar-refractivity contribution is 8.23. The number of hydrogen-bond donors (Lipinski definition) is 0. The zero-order chi connectivity index (χ0) is 13.7. The number of esters is 1. The Balaban J connectivity index is 2.11. The van der Waals surface area contributed by atoms with Gasteiger partial charge in [0.15, 0.2) is 0 Å². The number of ether oxygens (including phenoxy) is 1. The fourth-order valence-electron chi connectivity index (χ4n) is 1.99. The lowest BCUT2D eigenvalue weighted by molar-refractivity contribution is 0.0522. The van der Waals surface area contributed by atoms with Crippen molar-refractivity contribution in [3.63, 3.8) is 0 Å². The van der Waals surface area contributed by atoms with E-state index >= 15 is 0 Å². The molecule has 1 fully saturated rings. The number of hydrogen-bond acceptors (Lipinski definition) is 4. The number of likely N-dealkylation sites (tertiary alicyclic amines) is 1. The van der Waals surface area contributed by atoms with Gasteiger partial charge in [0.05, 0.1) is 12.2 Å². The minimum Gasteiger partial charge on any atom is -0.462 e. The molecule has 1 aromatic rings. The van der Waals surface area contributed by atoms with Crippen molar-refractivity contribution >= 4 is 34.3 Å². The highest BCUT2D eigenvalue weighted by atomic mass is 32.2. The summed E-state index contributed by atoms with van der Waals surface area (Å²) < 4.78 is 5.91. The van der Waals surface area contributed by atoms with Crippen molar-refractivity contribution in [1.29, 1.82) is 0 Å². The number of benzene rings is 1. The van der Waals surface area contributed by atoms with E-state index in [9.17, 15) is 4.79 Å². The van der Waals surface area contributed by atoms with E-state index in [1.54, 1.807) is 6.07 Å². The molecule has 0 aliphatic carbocycles. The first-order valence-electron chi connectivity index (χ1n) is 6.45. The molecule has 1 aromatic carbocycles. The lowest BCUT2D eigenvalue weighted by Crippen LogP contribution is -2.23. The molecule has 0 saturated carbocycles. The van der Waals surface area contributed by atoms with E-state index in [-0.39, 0.29) is 5.97 Å². The third-order valence-corrected chi connectivity index (χ3v) is 4.46. The van der Waals surface area contributed by atoms with Gasteiger partial charge in [0.1, 0.15) is 4.32 Å². The van der Waals surface area contributed by atoms with E-state index in [0.29, 0.717) is 12.2 Å². The van der Waals surface area contributed by atoms with Gasteiger partial charge < -0.3 is 9.64 Å². The number of thiocarbonyl (C=S) groups is 1. The van der Waals surface area contributed by atoms with Crippen molar-refractivity contribution in [3.05, 3.63) is 29.8 Å². The first kappa shape index (κ1) is 14.3. The first-order chi connectivity index (χ1) is 9.22. The Morgan fingerprint density at radius 1 is 1.37 bits per heavy atom. The molecule has 1 aliphatic heterocycles. The summed E-state index contributed by atoms with van der Waals surface area (Å²) in [5.74, 6) is -0.283. The lowest BCUT2D eigenvalue weighted by Gasteiger charge is -2.18. The smallest absolute Gasteiger partial charge is 0.339 e. The Hall–Kier alpha value is -1.07. The lowest BCUT2D eigenvalue weighted by atomic mass is 10.2. The number of rotatable bonds is 3. The molecule has 0 N–H and O–H groups in total. The molecule has 102 valence electrons. The van der Waals surface area contributed by atoms with Crippen LogP contribution in [0, 0.1) is 0 Å². The predicted octanol–water partition coefficient (Wildman–Crippen LogP) is 3.34. The van der Waals surface area contributed by atoms with Crippen molar-refractivity contribution in [2.24, 2.45) is 0 Å². The summed E-state index contributed by atoms with van der Waals surface area (Å²) in [6.45, 7) is 4.23. The summed E-state index contributed by atoms with van der Waals surface area (Å²) in [4.78, 5) is 14.9. The Kier molecular flexibility index (Phi) is 5.22. The van der Waals surface area contributed by atoms with Crippen LogP contribution in [0.5, 0.6) is 0 Å². The average Bonchev–Trinajstić information content (AvgIpc) is 2.93. The summed E-state index contributed by atoms with van der Waals surface area (Å²) in [5.41, 5.74) is 0.593. The maximum absolute atomic E-state index is 11.9. The molecule has 0 radical (unpaired) electrons. The molecule has 5 heteroatoms. The van der Waals surface area contributed by atoms with E-state index in [1.807, 2.05) is 25.1 Å². The molecule has 0 spiro atoms. The second-order valence-corrected chi connectivity index (χ2v) is 5.95. The number of nitrogens with zero attached hydrogens (tertiary/aromatic N) is 1. The molecule has 0 unspecified atom stereocenters. The maximum Gasteiger partial charge on any atom is 0.339 e. The van der Waals surface area contributed by atoms with Gasteiger partial charge in [-0.05, 0) is 31.9 Å². The molecule has 0 amide bonds. The molecule has 1 saturated heterocycles. The molecule has 0 aromatic heterocycles. The van der Waals surface area contributed by atoms with Gasteiger partial charge in [-0.25, -0.2) is 4.79 Å². The first-order valence-corrected chi connectivity index (χ1v) is 7.67. The molecule has 2 rings (SSSR count). The zero-order valence-corrected chi connectivity index (χ0v) is 12.6. The van der Waals surface area contributed by atoms with Crippen molar-refractivity contribution < 1.29 is 9.53 Å². The van der Waals surface area contributed by atoms with Crippen LogP contribution in [0.1, 0.15) is 30.1 Å². The number of carbonyl (C=O) groups is 1. The van der Waals surface area contributed by atoms with Crippen LogP contribution < -0.4 is 0 Å².